The van der Waals surface area contributed by atoms with Gasteiger partial charge in [-0.1, -0.05) is 20.8 Å². The van der Waals surface area contributed by atoms with Crippen LogP contribution >= 0.6 is 0 Å². The molecule has 0 aromatic carbocycles. The summed E-state index contributed by atoms with van der Waals surface area (Å²) in [6.45, 7) is 14.5. The Labute approximate surface area is 119 Å². The quantitative estimate of drug-likeness (QED) is 0.796. The van der Waals surface area contributed by atoms with Gasteiger partial charge in [0.1, 0.15) is 0 Å². The molecule has 0 saturated carbocycles. The Morgan fingerprint density at radius 1 is 1.11 bits per heavy atom. The molecule has 3 nitrogen and oxygen atoms in total. The van der Waals surface area contributed by atoms with Crippen molar-refractivity contribution < 1.29 is 0 Å². The largest absolute Gasteiger partial charge is 0.315 e. The van der Waals surface area contributed by atoms with Crippen LogP contribution < -0.4 is 5.32 Å². The van der Waals surface area contributed by atoms with Gasteiger partial charge in [-0.05, 0) is 57.8 Å². The van der Waals surface area contributed by atoms with Crippen LogP contribution in [0.3, 0.4) is 0 Å². The minimum atomic E-state index is 0.735. The van der Waals surface area contributed by atoms with E-state index in [4.69, 9.17) is 0 Å². The Balaban J connectivity index is 1.82. The average molecular weight is 267 g/mol. The van der Waals surface area contributed by atoms with E-state index in [9.17, 15) is 0 Å². The molecule has 2 fully saturated rings. The molecular weight excluding hydrogens is 234 g/mol. The summed E-state index contributed by atoms with van der Waals surface area (Å²) in [5.74, 6) is 0.756. The van der Waals surface area contributed by atoms with Gasteiger partial charge in [-0.25, -0.2) is 0 Å². The smallest absolute Gasteiger partial charge is 0.0223 e. The Bertz CT molecular complexity index is 254. The zero-order valence-electron chi connectivity index (χ0n) is 13.2. The van der Waals surface area contributed by atoms with Gasteiger partial charge in [0.2, 0.25) is 0 Å². The maximum absolute atomic E-state index is 3.66. The number of rotatable bonds is 6. The van der Waals surface area contributed by atoms with Gasteiger partial charge in [-0.15, -0.1) is 0 Å². The Hall–Kier alpha value is -0.120. The molecule has 0 radical (unpaired) electrons. The Morgan fingerprint density at radius 2 is 1.89 bits per heavy atom. The third-order valence-electron chi connectivity index (χ3n) is 4.76. The first kappa shape index (κ1) is 15.3. The fraction of sp³-hybridized carbons (Fsp3) is 1.00. The molecule has 2 saturated heterocycles. The number of fused-ring (bicyclic) bond motifs is 1. The fourth-order valence-corrected chi connectivity index (χ4v) is 3.64. The number of nitrogens with one attached hydrogen (secondary N) is 1. The normalized spacial score (nSPS) is 27.5. The molecule has 0 spiro atoms. The predicted octanol–water partition coefficient (Wildman–Crippen LogP) is 2.18. The van der Waals surface area contributed by atoms with Crippen LogP contribution in [-0.2, 0) is 0 Å². The van der Waals surface area contributed by atoms with Gasteiger partial charge >= 0.3 is 0 Å². The van der Waals surface area contributed by atoms with Crippen molar-refractivity contribution in [3.63, 3.8) is 0 Å². The minimum absolute atomic E-state index is 0.735. The van der Waals surface area contributed by atoms with Crippen LogP contribution in [0.25, 0.3) is 0 Å². The van der Waals surface area contributed by atoms with E-state index in [0.29, 0.717) is 0 Å². The summed E-state index contributed by atoms with van der Waals surface area (Å²) < 4.78 is 0. The lowest BCUT2D eigenvalue weighted by molar-refractivity contribution is 0.165. The van der Waals surface area contributed by atoms with Crippen molar-refractivity contribution in [2.45, 2.75) is 58.5 Å². The highest BCUT2D eigenvalue weighted by Crippen LogP contribution is 2.22. The molecule has 0 bridgehead atoms. The minimum Gasteiger partial charge on any atom is -0.315 e. The summed E-state index contributed by atoms with van der Waals surface area (Å²) in [5, 5.41) is 3.66. The molecule has 0 aliphatic carbocycles. The molecule has 2 atom stereocenters. The molecule has 19 heavy (non-hydrogen) atoms. The van der Waals surface area contributed by atoms with Crippen LogP contribution in [0.5, 0.6) is 0 Å². The van der Waals surface area contributed by atoms with Crippen molar-refractivity contribution in [2.24, 2.45) is 5.92 Å². The summed E-state index contributed by atoms with van der Waals surface area (Å²) in [6.07, 6.45) is 5.47. The van der Waals surface area contributed by atoms with E-state index >= 15 is 0 Å². The average Bonchev–Trinajstić information content (AvgIpc) is 2.72. The van der Waals surface area contributed by atoms with Crippen LogP contribution in [0.2, 0.25) is 0 Å². The van der Waals surface area contributed by atoms with Gasteiger partial charge in [-0.3, -0.25) is 9.80 Å². The first-order chi connectivity index (χ1) is 9.20. The van der Waals surface area contributed by atoms with E-state index in [1.54, 1.807) is 0 Å². The molecule has 112 valence electrons. The monoisotopic (exact) mass is 267 g/mol. The van der Waals surface area contributed by atoms with Gasteiger partial charge in [0.05, 0.1) is 0 Å². The molecular formula is C16H33N3. The first-order valence-corrected chi connectivity index (χ1v) is 8.39. The third-order valence-corrected chi connectivity index (χ3v) is 4.76. The van der Waals surface area contributed by atoms with Crippen LogP contribution in [-0.4, -0.2) is 61.2 Å². The van der Waals surface area contributed by atoms with E-state index in [1.807, 2.05) is 0 Å². The van der Waals surface area contributed by atoms with Crippen molar-refractivity contribution in [3.05, 3.63) is 0 Å². The topological polar surface area (TPSA) is 18.5 Å². The molecule has 3 heteroatoms. The molecule has 2 rings (SSSR count). The van der Waals surface area contributed by atoms with Gasteiger partial charge in [0.15, 0.2) is 0 Å². The molecule has 0 aromatic rings. The highest BCUT2D eigenvalue weighted by atomic mass is 15.3. The van der Waals surface area contributed by atoms with Crippen LogP contribution in [0, 0.1) is 5.92 Å². The predicted molar refractivity (Wildman–Crippen MR) is 82.6 cm³/mol. The molecule has 2 heterocycles. The van der Waals surface area contributed by atoms with Crippen molar-refractivity contribution in [2.75, 3.05) is 39.3 Å². The molecule has 2 aliphatic rings. The van der Waals surface area contributed by atoms with E-state index in [2.05, 4.69) is 35.9 Å². The third kappa shape index (κ3) is 4.44. The van der Waals surface area contributed by atoms with Gasteiger partial charge in [0.25, 0.3) is 0 Å². The summed E-state index contributed by atoms with van der Waals surface area (Å²) >= 11 is 0. The van der Waals surface area contributed by atoms with Gasteiger partial charge in [0, 0.05) is 25.2 Å². The van der Waals surface area contributed by atoms with Crippen molar-refractivity contribution in [1.29, 1.82) is 0 Å². The number of hydrogen-bond acceptors (Lipinski definition) is 3. The van der Waals surface area contributed by atoms with E-state index in [1.165, 1.54) is 58.4 Å². The van der Waals surface area contributed by atoms with Crippen molar-refractivity contribution in [1.82, 2.24) is 15.1 Å². The fourth-order valence-electron chi connectivity index (χ4n) is 3.64. The SMILES string of the molecule is CCC(CNCC(C)C)N1CCCN2CCCC2C1. The molecule has 0 aromatic heterocycles. The summed E-state index contributed by atoms with van der Waals surface area (Å²) in [6, 6.07) is 1.58. The lowest BCUT2D eigenvalue weighted by Crippen LogP contribution is -2.46. The molecule has 2 unspecified atom stereocenters. The van der Waals surface area contributed by atoms with Crippen molar-refractivity contribution in [3.8, 4) is 0 Å². The van der Waals surface area contributed by atoms with E-state index in [-0.39, 0.29) is 0 Å². The zero-order chi connectivity index (χ0) is 13.7. The first-order valence-electron chi connectivity index (χ1n) is 8.39. The summed E-state index contributed by atoms with van der Waals surface area (Å²) in [7, 11) is 0. The van der Waals surface area contributed by atoms with Crippen molar-refractivity contribution >= 4 is 0 Å². The van der Waals surface area contributed by atoms with Crippen LogP contribution in [0.1, 0.15) is 46.5 Å². The second kappa shape index (κ2) is 7.61. The van der Waals surface area contributed by atoms with E-state index in [0.717, 1.165) is 24.5 Å². The summed E-state index contributed by atoms with van der Waals surface area (Å²) in [4.78, 5) is 5.50. The maximum Gasteiger partial charge on any atom is 0.0223 e. The van der Waals surface area contributed by atoms with E-state index < -0.39 is 0 Å². The maximum atomic E-state index is 3.66. The number of nitrogens with zero attached hydrogens (tertiary/aromatic N) is 2. The molecule has 2 aliphatic heterocycles. The Morgan fingerprint density at radius 3 is 2.63 bits per heavy atom. The standard InChI is InChI=1S/C16H33N3/c1-4-15(12-17-11-14(2)3)19-10-6-9-18-8-5-7-16(18)13-19/h14-17H,4-13H2,1-3H3. The summed E-state index contributed by atoms with van der Waals surface area (Å²) in [5.41, 5.74) is 0. The zero-order valence-corrected chi connectivity index (χ0v) is 13.2. The highest BCUT2D eigenvalue weighted by Gasteiger charge is 2.30. The number of hydrogen-bond donors (Lipinski definition) is 1. The lowest BCUT2D eigenvalue weighted by Gasteiger charge is -2.32. The Kier molecular flexibility index (Phi) is 6.11. The highest BCUT2D eigenvalue weighted by molar-refractivity contribution is 4.87. The second-order valence-electron chi connectivity index (χ2n) is 6.79. The molecule has 0 amide bonds. The van der Waals surface area contributed by atoms with Crippen LogP contribution in [0.15, 0.2) is 0 Å². The molecule has 1 N–H and O–H groups in total. The second-order valence-corrected chi connectivity index (χ2v) is 6.79. The van der Waals surface area contributed by atoms with Gasteiger partial charge in [-0.2, -0.15) is 0 Å². The lowest BCUT2D eigenvalue weighted by atomic mass is 10.1. The van der Waals surface area contributed by atoms with Crippen LogP contribution in [0.4, 0.5) is 0 Å². The van der Waals surface area contributed by atoms with Gasteiger partial charge < -0.3 is 5.32 Å².